The molecule has 1 N–H and O–H groups in total. The van der Waals surface area contributed by atoms with Crippen LogP contribution in [0.2, 0.25) is 0 Å². The van der Waals surface area contributed by atoms with Crippen molar-refractivity contribution in [2.75, 3.05) is 0 Å². The van der Waals surface area contributed by atoms with E-state index in [1.807, 2.05) is 66.9 Å². The van der Waals surface area contributed by atoms with Crippen LogP contribution in [-0.2, 0) is 0 Å². The van der Waals surface area contributed by atoms with Crippen LogP contribution in [0.3, 0.4) is 0 Å². The number of hydrogen-bond acceptors (Lipinski definition) is 3. The van der Waals surface area contributed by atoms with Gasteiger partial charge in [0, 0.05) is 23.2 Å². The molecule has 1 saturated carbocycles. The highest BCUT2D eigenvalue weighted by Crippen LogP contribution is 2.27. The van der Waals surface area contributed by atoms with Crippen molar-refractivity contribution in [3.63, 3.8) is 0 Å². The van der Waals surface area contributed by atoms with Crippen LogP contribution >= 0.6 is 0 Å². The summed E-state index contributed by atoms with van der Waals surface area (Å²) in [4.78, 5) is 12.6. The number of rotatable bonds is 4. The zero-order valence-electron chi connectivity index (χ0n) is 16.9. The van der Waals surface area contributed by atoms with Crippen LogP contribution in [0.25, 0.3) is 28.1 Å². The van der Waals surface area contributed by atoms with Gasteiger partial charge in [0.05, 0.1) is 5.69 Å². The molecular formula is C25H25N3O2. The Morgan fingerprint density at radius 3 is 2.50 bits per heavy atom. The van der Waals surface area contributed by atoms with Crippen LogP contribution in [0.15, 0.2) is 71.3 Å². The molecule has 0 aliphatic heterocycles. The van der Waals surface area contributed by atoms with E-state index >= 15 is 0 Å². The van der Waals surface area contributed by atoms with E-state index < -0.39 is 0 Å². The van der Waals surface area contributed by atoms with Gasteiger partial charge in [-0.05, 0) is 55.3 Å². The quantitative estimate of drug-likeness (QED) is 0.445. The average molecular weight is 399 g/mol. The molecule has 4 aromatic rings. The Morgan fingerprint density at radius 2 is 1.73 bits per heavy atom. The molecule has 152 valence electrons. The van der Waals surface area contributed by atoms with Gasteiger partial charge in [-0.1, -0.05) is 43.9 Å². The number of aromatic nitrogens is 2. The molecule has 1 fully saturated rings. The molecule has 5 rings (SSSR count). The molecule has 0 saturated heterocycles. The normalized spacial score (nSPS) is 15.2. The Morgan fingerprint density at radius 1 is 0.967 bits per heavy atom. The predicted molar refractivity (Wildman–Crippen MR) is 118 cm³/mol. The summed E-state index contributed by atoms with van der Waals surface area (Å²) in [5, 5.41) is 8.91. The zero-order valence-corrected chi connectivity index (χ0v) is 16.9. The van der Waals surface area contributed by atoms with Gasteiger partial charge in [0.15, 0.2) is 5.76 Å². The van der Waals surface area contributed by atoms with E-state index in [2.05, 4.69) is 10.4 Å². The number of amides is 1. The first-order chi connectivity index (χ1) is 14.8. The molecule has 0 bridgehead atoms. The number of para-hydroxylation sites is 1. The maximum atomic E-state index is 12.6. The number of carbonyl (C=O) groups excluding carboxylic acids is 1. The van der Waals surface area contributed by atoms with E-state index in [4.69, 9.17) is 4.42 Å². The molecule has 1 aliphatic rings. The minimum atomic E-state index is 0.0110. The number of hydrogen-bond donors (Lipinski definition) is 1. The van der Waals surface area contributed by atoms with Gasteiger partial charge < -0.3 is 9.73 Å². The smallest absolute Gasteiger partial charge is 0.251 e. The summed E-state index contributed by atoms with van der Waals surface area (Å²) < 4.78 is 7.71. The average Bonchev–Trinajstić information content (AvgIpc) is 3.36. The van der Waals surface area contributed by atoms with Crippen molar-refractivity contribution in [1.82, 2.24) is 15.1 Å². The molecule has 1 amide bonds. The molecule has 1 aliphatic carbocycles. The molecule has 5 heteroatoms. The minimum Gasteiger partial charge on any atom is -0.454 e. The van der Waals surface area contributed by atoms with Gasteiger partial charge in [-0.3, -0.25) is 4.79 Å². The van der Waals surface area contributed by atoms with Gasteiger partial charge in [-0.25, -0.2) is 4.68 Å². The highest BCUT2D eigenvalue weighted by molar-refractivity contribution is 5.94. The van der Waals surface area contributed by atoms with Crippen LogP contribution in [0, 0.1) is 0 Å². The molecule has 0 spiro atoms. The van der Waals surface area contributed by atoms with Crippen molar-refractivity contribution in [2.24, 2.45) is 0 Å². The summed E-state index contributed by atoms with van der Waals surface area (Å²) in [5.41, 5.74) is 3.23. The molecule has 0 radical (unpaired) electrons. The van der Waals surface area contributed by atoms with Crippen molar-refractivity contribution in [2.45, 2.75) is 44.6 Å². The third-order valence-corrected chi connectivity index (χ3v) is 5.85. The highest BCUT2D eigenvalue weighted by atomic mass is 16.3. The van der Waals surface area contributed by atoms with Gasteiger partial charge in [0.2, 0.25) is 0 Å². The monoisotopic (exact) mass is 399 g/mol. The van der Waals surface area contributed by atoms with E-state index in [1.165, 1.54) is 25.7 Å². The van der Waals surface area contributed by atoms with Crippen LogP contribution in [0.1, 0.15) is 48.9 Å². The fourth-order valence-corrected chi connectivity index (χ4v) is 4.17. The van der Waals surface area contributed by atoms with E-state index in [9.17, 15) is 4.79 Å². The molecule has 2 heterocycles. The zero-order chi connectivity index (χ0) is 20.3. The fraction of sp³-hybridized carbons (Fsp3) is 0.280. The molecule has 2 aromatic heterocycles. The lowest BCUT2D eigenvalue weighted by Gasteiger charge is -2.16. The SMILES string of the molecule is O=C(NC1CCCCCC1)c1ccc(-n2ccc(-c3cc4ccccc4o3)n2)cc1. The highest BCUT2D eigenvalue weighted by Gasteiger charge is 2.16. The van der Waals surface area contributed by atoms with Gasteiger partial charge in [-0.2, -0.15) is 5.10 Å². The van der Waals surface area contributed by atoms with Crippen LogP contribution < -0.4 is 5.32 Å². The van der Waals surface area contributed by atoms with E-state index in [0.717, 1.165) is 41.0 Å². The third kappa shape index (κ3) is 3.88. The number of carbonyl (C=O) groups is 1. The molecule has 0 atom stereocenters. The van der Waals surface area contributed by atoms with Crippen molar-refractivity contribution < 1.29 is 9.21 Å². The van der Waals surface area contributed by atoms with Crippen LogP contribution in [-0.4, -0.2) is 21.7 Å². The summed E-state index contributed by atoms with van der Waals surface area (Å²) >= 11 is 0. The summed E-state index contributed by atoms with van der Waals surface area (Å²) in [7, 11) is 0. The first-order valence-electron chi connectivity index (χ1n) is 10.7. The summed E-state index contributed by atoms with van der Waals surface area (Å²) in [6, 6.07) is 19.8. The third-order valence-electron chi connectivity index (χ3n) is 5.85. The second kappa shape index (κ2) is 8.19. The Balaban J connectivity index is 1.30. The predicted octanol–water partition coefficient (Wildman–Crippen LogP) is 5.74. The van der Waals surface area contributed by atoms with E-state index in [1.54, 1.807) is 4.68 Å². The number of benzene rings is 2. The Hall–Kier alpha value is -3.34. The molecular weight excluding hydrogens is 374 g/mol. The van der Waals surface area contributed by atoms with Gasteiger partial charge in [0.25, 0.3) is 5.91 Å². The van der Waals surface area contributed by atoms with Crippen molar-refractivity contribution in [3.8, 4) is 17.1 Å². The standard InChI is InChI=1S/C25H25N3O2/c29-25(26-20-8-3-1-2-4-9-20)18-11-13-21(14-12-18)28-16-15-22(27-28)24-17-19-7-5-6-10-23(19)30-24/h5-7,10-17,20H,1-4,8-9H2,(H,26,29). The van der Waals surface area contributed by atoms with Crippen molar-refractivity contribution >= 4 is 16.9 Å². The Labute approximate surface area is 175 Å². The Bertz CT molecular complexity index is 1120. The lowest BCUT2D eigenvalue weighted by atomic mass is 10.1. The number of furan rings is 1. The van der Waals surface area contributed by atoms with E-state index in [-0.39, 0.29) is 5.91 Å². The number of nitrogens with one attached hydrogen (secondary N) is 1. The largest absolute Gasteiger partial charge is 0.454 e. The molecule has 5 nitrogen and oxygen atoms in total. The summed E-state index contributed by atoms with van der Waals surface area (Å²) in [6.07, 6.45) is 9.04. The first-order valence-corrected chi connectivity index (χ1v) is 10.7. The molecule has 30 heavy (non-hydrogen) atoms. The summed E-state index contributed by atoms with van der Waals surface area (Å²) in [5.74, 6) is 0.756. The lowest BCUT2D eigenvalue weighted by molar-refractivity contribution is 0.0933. The van der Waals surface area contributed by atoms with Gasteiger partial charge in [0.1, 0.15) is 11.3 Å². The Kier molecular flexibility index (Phi) is 5.10. The topological polar surface area (TPSA) is 60.1 Å². The van der Waals surface area contributed by atoms with Crippen LogP contribution in [0.4, 0.5) is 0 Å². The number of nitrogens with zero attached hydrogens (tertiary/aromatic N) is 2. The van der Waals surface area contributed by atoms with Gasteiger partial charge >= 0.3 is 0 Å². The molecule has 0 unspecified atom stereocenters. The fourth-order valence-electron chi connectivity index (χ4n) is 4.17. The van der Waals surface area contributed by atoms with Crippen LogP contribution in [0.5, 0.6) is 0 Å². The van der Waals surface area contributed by atoms with Crippen molar-refractivity contribution in [1.29, 1.82) is 0 Å². The molecule has 2 aromatic carbocycles. The first kappa shape index (κ1) is 18.7. The number of fused-ring (bicyclic) bond motifs is 1. The summed E-state index contributed by atoms with van der Waals surface area (Å²) in [6.45, 7) is 0. The maximum absolute atomic E-state index is 12.6. The van der Waals surface area contributed by atoms with Gasteiger partial charge in [-0.15, -0.1) is 0 Å². The maximum Gasteiger partial charge on any atom is 0.251 e. The second-order valence-corrected chi connectivity index (χ2v) is 8.00. The van der Waals surface area contributed by atoms with E-state index in [0.29, 0.717) is 11.6 Å². The second-order valence-electron chi connectivity index (χ2n) is 8.00. The lowest BCUT2D eigenvalue weighted by Crippen LogP contribution is -2.34. The minimum absolute atomic E-state index is 0.0110. The van der Waals surface area contributed by atoms with Crippen molar-refractivity contribution in [3.05, 3.63) is 72.4 Å².